The van der Waals surface area contributed by atoms with Gasteiger partial charge in [-0.15, -0.1) is 0 Å². The lowest BCUT2D eigenvalue weighted by Crippen LogP contribution is -2.43. The lowest BCUT2D eigenvalue weighted by atomic mass is 9.80. The zero-order chi connectivity index (χ0) is 26.5. The van der Waals surface area contributed by atoms with Gasteiger partial charge in [-0.3, -0.25) is 8.98 Å². The zero-order valence-electron chi connectivity index (χ0n) is 20.0. The van der Waals surface area contributed by atoms with E-state index in [0.717, 1.165) is 11.8 Å². The number of hydrogen-bond acceptors (Lipinski definition) is 7. The lowest BCUT2D eigenvalue weighted by Gasteiger charge is -2.27. The average molecular weight is 538 g/mol. The van der Waals surface area contributed by atoms with Crippen molar-refractivity contribution in [1.82, 2.24) is 4.81 Å². The summed E-state index contributed by atoms with van der Waals surface area (Å²) < 4.78 is 47.3. The van der Waals surface area contributed by atoms with Crippen molar-refractivity contribution in [1.29, 1.82) is 0 Å². The van der Waals surface area contributed by atoms with Gasteiger partial charge in [0.05, 0.1) is 18.3 Å². The first-order chi connectivity index (χ1) is 16.9. The number of hydrogen-bond donors (Lipinski definition) is 1. The molecular formula is C23H27B2ClFNO7S. The summed E-state index contributed by atoms with van der Waals surface area (Å²) in [5.74, 6) is -0.764. The number of nitrogens with zero attached hydrogens (tertiary/aromatic N) is 1. The summed E-state index contributed by atoms with van der Waals surface area (Å²) in [6.45, 7) is 1.01. The first-order valence-electron chi connectivity index (χ1n) is 11.4. The molecule has 13 heteroatoms. The van der Waals surface area contributed by atoms with Gasteiger partial charge in [-0.1, -0.05) is 35.9 Å². The van der Waals surface area contributed by atoms with Gasteiger partial charge >= 0.3 is 14.5 Å². The van der Waals surface area contributed by atoms with Crippen LogP contribution in [0.15, 0.2) is 42.5 Å². The van der Waals surface area contributed by atoms with E-state index in [-0.39, 0.29) is 45.4 Å². The molecule has 1 saturated heterocycles. The van der Waals surface area contributed by atoms with Crippen LogP contribution in [-0.2, 0) is 35.0 Å². The molecule has 8 nitrogen and oxygen atoms in total. The van der Waals surface area contributed by atoms with Crippen LogP contribution in [0.3, 0.4) is 0 Å². The van der Waals surface area contributed by atoms with Crippen LogP contribution in [0.4, 0.5) is 4.39 Å². The molecular weight excluding hydrogens is 510 g/mol. The molecule has 2 atom stereocenters. The molecule has 1 amide bonds. The van der Waals surface area contributed by atoms with E-state index in [1.807, 2.05) is 12.1 Å². The molecule has 1 heterocycles. The molecule has 2 aromatic carbocycles. The first-order valence-corrected chi connectivity index (χ1v) is 13.6. The molecule has 0 saturated carbocycles. The summed E-state index contributed by atoms with van der Waals surface area (Å²) in [5, 5.41) is 10.0. The second kappa shape index (κ2) is 11.9. The number of halogens is 2. The number of benzene rings is 2. The second-order valence-corrected chi connectivity index (χ2v) is 11.1. The van der Waals surface area contributed by atoms with Gasteiger partial charge in [-0.25, -0.2) is 4.39 Å². The molecule has 1 unspecified atom stereocenters. The molecule has 1 fully saturated rings. The molecule has 36 heavy (non-hydrogen) atoms. The molecule has 1 aliphatic rings. The minimum absolute atomic E-state index is 0.0322. The van der Waals surface area contributed by atoms with Crippen LogP contribution in [0.25, 0.3) is 11.1 Å². The molecule has 3 rings (SSSR count). The SMILES string of the molecule is CB(O)OCC1(CCOS(C)(=O)=O)C[C@@H](Cc2ccc(-c3cc(Cl)ccc3F)cc2)N(BC=O)C1=O. The van der Waals surface area contributed by atoms with Gasteiger partial charge < -0.3 is 19.3 Å². The summed E-state index contributed by atoms with van der Waals surface area (Å²) >= 11 is 6.00. The molecule has 2 aromatic rings. The number of amides is 1. The summed E-state index contributed by atoms with van der Waals surface area (Å²) in [5.41, 5.74) is 0.699. The Morgan fingerprint density at radius 1 is 1.31 bits per heavy atom. The van der Waals surface area contributed by atoms with Crippen LogP contribution in [0, 0.1) is 11.2 Å². The van der Waals surface area contributed by atoms with E-state index in [9.17, 15) is 27.4 Å². The Hall–Kier alpha value is -2.24. The minimum atomic E-state index is -3.72. The first kappa shape index (κ1) is 28.3. The molecule has 0 radical (unpaired) electrons. The molecule has 192 valence electrons. The largest absolute Gasteiger partial charge is 0.450 e. The van der Waals surface area contributed by atoms with Crippen molar-refractivity contribution >= 4 is 48.3 Å². The highest BCUT2D eigenvalue weighted by molar-refractivity contribution is 7.85. The average Bonchev–Trinajstić information content (AvgIpc) is 3.05. The Morgan fingerprint density at radius 3 is 2.61 bits per heavy atom. The van der Waals surface area contributed by atoms with E-state index in [4.69, 9.17) is 20.4 Å². The van der Waals surface area contributed by atoms with Gasteiger partial charge in [0.2, 0.25) is 5.91 Å². The summed E-state index contributed by atoms with van der Waals surface area (Å²) in [6, 6.07) is 11.1. The van der Waals surface area contributed by atoms with Crippen LogP contribution in [-0.4, -0.2) is 70.4 Å². The molecule has 0 aromatic heterocycles. The third kappa shape index (κ3) is 7.17. The number of carbonyl (C=O) groups is 2. The Balaban J connectivity index is 1.83. The van der Waals surface area contributed by atoms with E-state index in [0.29, 0.717) is 28.8 Å². The van der Waals surface area contributed by atoms with Crippen molar-refractivity contribution in [2.45, 2.75) is 32.1 Å². The third-order valence-corrected chi connectivity index (χ3v) is 7.03. The molecule has 0 spiro atoms. The van der Waals surface area contributed by atoms with Gasteiger partial charge in [0.25, 0.3) is 10.1 Å². The molecule has 0 aliphatic carbocycles. The molecule has 1 aliphatic heterocycles. The predicted molar refractivity (Wildman–Crippen MR) is 137 cm³/mol. The second-order valence-electron chi connectivity index (χ2n) is 8.97. The van der Waals surface area contributed by atoms with E-state index >= 15 is 0 Å². The smallest absolute Gasteiger partial charge is 0.427 e. The van der Waals surface area contributed by atoms with Crippen molar-refractivity contribution in [2.75, 3.05) is 19.5 Å². The quantitative estimate of drug-likeness (QED) is 0.251. The van der Waals surface area contributed by atoms with Crippen LogP contribution in [0.2, 0.25) is 11.8 Å². The maximum absolute atomic E-state index is 14.2. The maximum atomic E-state index is 14.2. The summed E-state index contributed by atoms with van der Waals surface area (Å²) in [7, 11) is -4.99. The fraction of sp³-hybridized carbons (Fsp3) is 0.391. The van der Waals surface area contributed by atoms with Crippen molar-refractivity contribution in [3.05, 3.63) is 58.9 Å². The van der Waals surface area contributed by atoms with E-state index in [2.05, 4.69) is 0 Å². The van der Waals surface area contributed by atoms with E-state index in [1.54, 1.807) is 18.2 Å². The van der Waals surface area contributed by atoms with Crippen molar-refractivity contribution in [3.8, 4) is 11.1 Å². The monoisotopic (exact) mass is 537 g/mol. The fourth-order valence-corrected chi connectivity index (χ4v) is 5.05. The van der Waals surface area contributed by atoms with Gasteiger partial charge in [-0.2, -0.15) is 8.42 Å². The van der Waals surface area contributed by atoms with E-state index < -0.39 is 28.5 Å². The Morgan fingerprint density at radius 2 is 2.00 bits per heavy atom. The van der Waals surface area contributed by atoms with Crippen molar-refractivity contribution in [2.24, 2.45) is 5.41 Å². The van der Waals surface area contributed by atoms with Crippen LogP contribution in [0.5, 0.6) is 0 Å². The van der Waals surface area contributed by atoms with Gasteiger partial charge in [0.15, 0.2) is 0 Å². The highest BCUT2D eigenvalue weighted by atomic mass is 35.5. The van der Waals surface area contributed by atoms with Crippen LogP contribution < -0.4 is 0 Å². The topological polar surface area (TPSA) is 110 Å². The van der Waals surface area contributed by atoms with Crippen LogP contribution >= 0.6 is 11.6 Å². The molecule has 0 bridgehead atoms. The standard InChI is InChI=1S/C23H27B2ClFNO7S/c1-25(31)34-14-23(9-10-35-36(2,32)33)13-19(28(22(23)30)24-15-29)11-16-3-5-17(6-4-16)20-12-18(26)7-8-21(20)27/h3-8,12,15,19,24,31H,9-11,13-14H2,1-2H3/t19-,23?/m1/s1. The Labute approximate surface area is 216 Å². The third-order valence-electron chi connectivity index (χ3n) is 6.20. The van der Waals surface area contributed by atoms with Crippen molar-refractivity contribution in [3.63, 3.8) is 0 Å². The normalized spacial score (nSPS) is 20.0. The number of rotatable bonds is 12. The van der Waals surface area contributed by atoms with E-state index in [1.165, 1.54) is 23.8 Å². The maximum Gasteiger partial charge on any atom is 0.450 e. The summed E-state index contributed by atoms with van der Waals surface area (Å²) in [4.78, 5) is 26.3. The lowest BCUT2D eigenvalue weighted by molar-refractivity contribution is -0.135. The van der Waals surface area contributed by atoms with Gasteiger partial charge in [0.1, 0.15) is 12.0 Å². The highest BCUT2D eigenvalue weighted by Gasteiger charge is 2.51. The fourth-order valence-electron chi connectivity index (χ4n) is 4.50. The van der Waals surface area contributed by atoms with Gasteiger partial charge in [0, 0.05) is 23.2 Å². The molecule has 1 N–H and O–H groups in total. The Bertz CT molecular complexity index is 1200. The van der Waals surface area contributed by atoms with Gasteiger partial charge in [-0.05, 0) is 55.4 Å². The highest BCUT2D eigenvalue weighted by Crippen LogP contribution is 2.41. The zero-order valence-corrected chi connectivity index (χ0v) is 21.6. The number of carbonyl (C=O) groups excluding carboxylic acids is 2. The minimum Gasteiger partial charge on any atom is -0.427 e. The Kier molecular flexibility index (Phi) is 9.34. The summed E-state index contributed by atoms with van der Waals surface area (Å²) in [6.07, 6.45) is 2.26. The predicted octanol–water partition coefficient (Wildman–Crippen LogP) is 2.31. The van der Waals surface area contributed by atoms with Crippen molar-refractivity contribution < 1.29 is 36.3 Å². The van der Waals surface area contributed by atoms with Crippen LogP contribution in [0.1, 0.15) is 18.4 Å².